The van der Waals surface area contributed by atoms with Gasteiger partial charge in [-0.3, -0.25) is 9.78 Å². The largest absolute Gasteiger partial charge is 0.326 e. The van der Waals surface area contributed by atoms with Crippen LogP contribution in [0.2, 0.25) is 0 Å². The molecule has 0 saturated carbocycles. The second-order valence-corrected chi connectivity index (χ2v) is 6.38. The minimum atomic E-state index is -0.127. The maximum atomic E-state index is 12.4. The van der Waals surface area contributed by atoms with Gasteiger partial charge in [0.15, 0.2) is 0 Å². The van der Waals surface area contributed by atoms with Crippen LogP contribution in [0.4, 0.5) is 5.69 Å². The van der Waals surface area contributed by atoms with E-state index in [1.54, 1.807) is 12.4 Å². The summed E-state index contributed by atoms with van der Waals surface area (Å²) in [5.41, 5.74) is 4.95. The molecule has 3 heteroatoms. The van der Waals surface area contributed by atoms with Crippen molar-refractivity contribution in [3.63, 3.8) is 0 Å². The molecule has 0 aliphatic rings. The number of carbonyl (C=O) groups is 1. The van der Waals surface area contributed by atoms with E-state index in [1.165, 1.54) is 0 Å². The summed E-state index contributed by atoms with van der Waals surface area (Å²) < 4.78 is 0. The number of hydrogen-bond acceptors (Lipinski definition) is 2. The van der Waals surface area contributed by atoms with Crippen molar-refractivity contribution in [2.45, 2.75) is 13.3 Å². The van der Waals surface area contributed by atoms with Crippen molar-refractivity contribution in [1.29, 1.82) is 0 Å². The molecule has 0 aliphatic heterocycles. The third-order valence-corrected chi connectivity index (χ3v) is 4.34. The lowest BCUT2D eigenvalue weighted by Gasteiger charge is -2.13. The molecule has 130 valence electrons. The van der Waals surface area contributed by atoms with Crippen molar-refractivity contribution in [3.8, 4) is 0 Å². The van der Waals surface area contributed by atoms with Crippen LogP contribution < -0.4 is 5.32 Å². The number of nitrogens with zero attached hydrogens (tertiary/aromatic N) is 1. The maximum Gasteiger partial charge on any atom is 0.227 e. The van der Waals surface area contributed by atoms with E-state index in [0.717, 1.165) is 28.0 Å². The third-order valence-electron chi connectivity index (χ3n) is 4.34. The average molecular weight is 342 g/mol. The van der Waals surface area contributed by atoms with E-state index in [9.17, 15) is 4.79 Å². The van der Waals surface area contributed by atoms with Crippen molar-refractivity contribution in [2.75, 3.05) is 5.32 Å². The summed E-state index contributed by atoms with van der Waals surface area (Å²) in [5, 5.41) is 2.98. The fourth-order valence-corrected chi connectivity index (χ4v) is 2.79. The first-order valence-corrected chi connectivity index (χ1v) is 8.68. The fraction of sp³-hybridized carbons (Fsp3) is 0.130. The highest BCUT2D eigenvalue weighted by atomic mass is 16.1. The molecule has 1 heterocycles. The zero-order valence-corrected chi connectivity index (χ0v) is 14.9. The fourth-order valence-electron chi connectivity index (χ4n) is 2.79. The molecule has 0 spiro atoms. The average Bonchev–Trinajstić information content (AvgIpc) is 2.69. The van der Waals surface area contributed by atoms with Crippen molar-refractivity contribution in [3.05, 3.63) is 102 Å². The van der Waals surface area contributed by atoms with Gasteiger partial charge in [0, 0.05) is 24.0 Å². The predicted octanol–water partition coefficient (Wildman–Crippen LogP) is 4.96. The molecule has 1 N–H and O–H groups in total. The summed E-state index contributed by atoms with van der Waals surface area (Å²) in [6, 6.07) is 21.7. The highest BCUT2D eigenvalue weighted by molar-refractivity contribution is 5.92. The van der Waals surface area contributed by atoms with E-state index in [0.29, 0.717) is 6.42 Å². The van der Waals surface area contributed by atoms with Crippen LogP contribution in [0, 0.1) is 5.92 Å². The minimum Gasteiger partial charge on any atom is -0.326 e. The molecule has 1 amide bonds. The minimum absolute atomic E-state index is 0.00323. The Labute approximate surface area is 154 Å². The van der Waals surface area contributed by atoms with E-state index in [2.05, 4.69) is 16.9 Å². The first kappa shape index (κ1) is 17.6. The molecule has 2 aromatic carbocycles. The van der Waals surface area contributed by atoms with Gasteiger partial charge >= 0.3 is 0 Å². The molecule has 0 aliphatic carbocycles. The van der Waals surface area contributed by atoms with Gasteiger partial charge in [-0.2, -0.15) is 0 Å². The number of amides is 1. The highest BCUT2D eigenvalue weighted by Crippen LogP contribution is 2.23. The van der Waals surface area contributed by atoms with Gasteiger partial charge < -0.3 is 5.32 Å². The van der Waals surface area contributed by atoms with Crippen molar-refractivity contribution in [2.24, 2.45) is 5.92 Å². The van der Waals surface area contributed by atoms with Crippen molar-refractivity contribution in [1.82, 2.24) is 4.98 Å². The maximum absolute atomic E-state index is 12.4. The molecule has 0 saturated heterocycles. The molecule has 0 bridgehead atoms. The van der Waals surface area contributed by atoms with E-state index in [-0.39, 0.29) is 11.8 Å². The van der Waals surface area contributed by atoms with Gasteiger partial charge in [0.2, 0.25) is 5.91 Å². The highest BCUT2D eigenvalue weighted by Gasteiger charge is 2.14. The van der Waals surface area contributed by atoms with Crippen LogP contribution in [0.5, 0.6) is 0 Å². The summed E-state index contributed by atoms with van der Waals surface area (Å²) in [5.74, 6) is -0.123. The van der Waals surface area contributed by atoms with Gasteiger partial charge in [0.1, 0.15) is 0 Å². The van der Waals surface area contributed by atoms with Gasteiger partial charge in [0.05, 0.1) is 0 Å². The van der Waals surface area contributed by atoms with Gasteiger partial charge in [-0.05, 0) is 46.9 Å². The van der Waals surface area contributed by atoms with Crippen LogP contribution >= 0.6 is 0 Å². The molecule has 0 radical (unpaired) electrons. The second kappa shape index (κ2) is 8.26. The van der Waals surface area contributed by atoms with E-state index < -0.39 is 0 Å². The van der Waals surface area contributed by atoms with Gasteiger partial charge in [0.25, 0.3) is 0 Å². The lowest BCUT2D eigenvalue weighted by atomic mass is 9.99. The van der Waals surface area contributed by atoms with Crippen LogP contribution in [-0.4, -0.2) is 10.9 Å². The Bertz CT molecular complexity index is 871. The van der Waals surface area contributed by atoms with Crippen LogP contribution in [0.1, 0.15) is 23.6 Å². The number of anilines is 1. The summed E-state index contributed by atoms with van der Waals surface area (Å²) in [4.78, 5) is 16.5. The number of rotatable bonds is 6. The van der Waals surface area contributed by atoms with Crippen LogP contribution in [0.3, 0.4) is 0 Å². The van der Waals surface area contributed by atoms with Crippen molar-refractivity contribution >= 4 is 17.2 Å². The molecule has 3 nitrogen and oxygen atoms in total. The Balaban J connectivity index is 1.62. The van der Waals surface area contributed by atoms with Crippen LogP contribution in [0.15, 0.2) is 85.7 Å². The Morgan fingerprint density at radius 1 is 1.00 bits per heavy atom. The van der Waals surface area contributed by atoms with Crippen LogP contribution in [0.25, 0.3) is 5.57 Å². The smallest absolute Gasteiger partial charge is 0.227 e. The SMILES string of the molecule is C=C(c1ccccc1)c1ccc(NC(=O)C(C)Cc2cccnc2)cc1. The summed E-state index contributed by atoms with van der Waals surface area (Å²) in [6.07, 6.45) is 4.20. The molecule has 1 atom stereocenters. The predicted molar refractivity (Wildman–Crippen MR) is 107 cm³/mol. The third kappa shape index (κ3) is 4.45. The molecule has 3 aromatic rings. The zero-order valence-electron chi connectivity index (χ0n) is 14.9. The van der Waals surface area contributed by atoms with Gasteiger partial charge in [-0.1, -0.05) is 62.0 Å². The van der Waals surface area contributed by atoms with Gasteiger partial charge in [-0.15, -0.1) is 0 Å². The first-order valence-electron chi connectivity index (χ1n) is 8.68. The van der Waals surface area contributed by atoms with Gasteiger partial charge in [-0.25, -0.2) is 0 Å². The quantitative estimate of drug-likeness (QED) is 0.688. The molecule has 26 heavy (non-hydrogen) atoms. The second-order valence-electron chi connectivity index (χ2n) is 6.38. The lowest BCUT2D eigenvalue weighted by molar-refractivity contribution is -0.119. The monoisotopic (exact) mass is 342 g/mol. The standard InChI is InChI=1S/C23H22N2O/c1-17(15-19-7-6-14-24-16-19)23(26)25-22-12-10-21(11-13-22)18(2)20-8-4-3-5-9-20/h3-14,16-17H,2,15H2,1H3,(H,25,26). The van der Waals surface area contributed by atoms with Crippen LogP contribution in [-0.2, 0) is 11.2 Å². The number of nitrogens with one attached hydrogen (secondary N) is 1. The summed E-state index contributed by atoms with van der Waals surface area (Å²) in [6.45, 7) is 6.09. The summed E-state index contributed by atoms with van der Waals surface area (Å²) >= 11 is 0. The Morgan fingerprint density at radius 2 is 1.69 bits per heavy atom. The molecule has 1 unspecified atom stereocenters. The topological polar surface area (TPSA) is 42.0 Å². The van der Waals surface area contributed by atoms with E-state index in [4.69, 9.17) is 0 Å². The summed E-state index contributed by atoms with van der Waals surface area (Å²) in [7, 11) is 0. The number of hydrogen-bond donors (Lipinski definition) is 1. The first-order chi connectivity index (χ1) is 12.6. The number of carbonyl (C=O) groups excluding carboxylic acids is 1. The van der Waals surface area contributed by atoms with E-state index >= 15 is 0 Å². The number of pyridine rings is 1. The Kier molecular flexibility index (Phi) is 5.59. The molecular weight excluding hydrogens is 320 g/mol. The van der Waals surface area contributed by atoms with E-state index in [1.807, 2.05) is 73.7 Å². The number of aromatic nitrogens is 1. The number of benzene rings is 2. The van der Waals surface area contributed by atoms with Crippen molar-refractivity contribution < 1.29 is 4.79 Å². The normalized spacial score (nSPS) is 11.6. The molecular formula is C23H22N2O. The molecule has 0 fully saturated rings. The lowest BCUT2D eigenvalue weighted by Crippen LogP contribution is -2.22. The molecule has 1 aromatic heterocycles. The Morgan fingerprint density at radius 3 is 2.35 bits per heavy atom. The Hall–Kier alpha value is -3.20. The zero-order chi connectivity index (χ0) is 18.4. The molecule has 3 rings (SSSR count).